The molecule has 1 aliphatic heterocycles. The number of hydrogen-bond donors (Lipinski definition) is 1. The third-order valence-corrected chi connectivity index (χ3v) is 4.15. The number of carbonyl (C=O) groups excluding carboxylic acids is 1. The van der Waals surface area contributed by atoms with Gasteiger partial charge in [-0.3, -0.25) is 4.79 Å². The molecule has 2 rings (SSSR count). The fourth-order valence-corrected chi connectivity index (χ4v) is 2.73. The van der Waals surface area contributed by atoms with Crippen LogP contribution in [-0.2, 0) is 0 Å². The Balaban J connectivity index is 2.09. The number of amides is 1. The van der Waals surface area contributed by atoms with Crippen molar-refractivity contribution in [2.24, 2.45) is 0 Å². The van der Waals surface area contributed by atoms with Crippen molar-refractivity contribution in [3.63, 3.8) is 0 Å². The Bertz CT molecular complexity index is 489. The van der Waals surface area contributed by atoms with E-state index < -0.39 is 5.82 Å². The summed E-state index contributed by atoms with van der Waals surface area (Å²) in [6.45, 7) is 4.50. The summed E-state index contributed by atoms with van der Waals surface area (Å²) < 4.78 is 13.5. The number of hydrogen-bond acceptors (Lipinski definition) is 2. The van der Waals surface area contributed by atoms with Gasteiger partial charge in [0.1, 0.15) is 5.82 Å². The monoisotopic (exact) mass is 312 g/mol. The second-order valence-electron chi connectivity index (χ2n) is 5.53. The maximum atomic E-state index is 13.5. The summed E-state index contributed by atoms with van der Waals surface area (Å²) in [5, 5.41) is 3.45. The van der Waals surface area contributed by atoms with Gasteiger partial charge in [0.05, 0.1) is 5.02 Å². The summed E-state index contributed by atoms with van der Waals surface area (Å²) in [6.07, 6.45) is 4.21. The third kappa shape index (κ3) is 4.42. The first-order valence-corrected chi connectivity index (χ1v) is 7.97. The molecule has 1 heterocycles. The highest BCUT2D eigenvalue weighted by Crippen LogP contribution is 2.18. The van der Waals surface area contributed by atoms with Crippen LogP contribution in [0.5, 0.6) is 0 Å². The van der Waals surface area contributed by atoms with Crippen molar-refractivity contribution in [3.8, 4) is 0 Å². The largest absolute Gasteiger partial charge is 0.337 e. The number of nitrogens with one attached hydrogen (secondary N) is 1. The van der Waals surface area contributed by atoms with E-state index in [0.29, 0.717) is 24.7 Å². The highest BCUT2D eigenvalue weighted by Gasteiger charge is 2.22. The molecule has 116 valence electrons. The molecule has 0 radical (unpaired) electrons. The molecule has 1 unspecified atom stereocenters. The zero-order valence-corrected chi connectivity index (χ0v) is 13.1. The average molecular weight is 313 g/mol. The van der Waals surface area contributed by atoms with E-state index in [9.17, 15) is 9.18 Å². The van der Waals surface area contributed by atoms with Crippen LogP contribution in [0.3, 0.4) is 0 Å². The SMILES string of the molecule is CCCCN(CC1CCCN1)C(=O)c1ccc(Cl)c(F)c1. The van der Waals surface area contributed by atoms with E-state index >= 15 is 0 Å². The third-order valence-electron chi connectivity index (χ3n) is 3.84. The van der Waals surface area contributed by atoms with E-state index in [0.717, 1.165) is 32.2 Å². The van der Waals surface area contributed by atoms with Crippen LogP contribution in [0.25, 0.3) is 0 Å². The molecule has 0 saturated carbocycles. The Hall–Kier alpha value is -1.13. The Kier molecular flexibility index (Phi) is 6.00. The zero-order valence-electron chi connectivity index (χ0n) is 12.4. The predicted octanol–water partition coefficient (Wildman–Crippen LogP) is 3.47. The first-order valence-electron chi connectivity index (χ1n) is 7.59. The van der Waals surface area contributed by atoms with Crippen molar-refractivity contribution in [1.82, 2.24) is 10.2 Å². The van der Waals surface area contributed by atoms with Crippen LogP contribution in [-0.4, -0.2) is 36.5 Å². The number of rotatable bonds is 6. The number of nitrogens with zero attached hydrogens (tertiary/aromatic N) is 1. The minimum absolute atomic E-state index is 0.0455. The van der Waals surface area contributed by atoms with Gasteiger partial charge in [-0.05, 0) is 44.0 Å². The number of carbonyl (C=O) groups is 1. The number of benzene rings is 1. The van der Waals surface area contributed by atoms with E-state index in [4.69, 9.17) is 11.6 Å². The van der Waals surface area contributed by atoms with E-state index in [2.05, 4.69) is 12.2 Å². The molecule has 1 saturated heterocycles. The van der Waals surface area contributed by atoms with Crippen LogP contribution in [0.1, 0.15) is 43.0 Å². The van der Waals surface area contributed by atoms with Crippen LogP contribution in [0.2, 0.25) is 5.02 Å². The van der Waals surface area contributed by atoms with Gasteiger partial charge in [0, 0.05) is 24.7 Å². The van der Waals surface area contributed by atoms with E-state index in [-0.39, 0.29) is 10.9 Å². The lowest BCUT2D eigenvalue weighted by Crippen LogP contribution is -2.41. The van der Waals surface area contributed by atoms with Gasteiger partial charge < -0.3 is 10.2 Å². The lowest BCUT2D eigenvalue weighted by atomic mass is 10.1. The molecule has 5 heteroatoms. The van der Waals surface area contributed by atoms with Crippen molar-refractivity contribution in [2.75, 3.05) is 19.6 Å². The van der Waals surface area contributed by atoms with Gasteiger partial charge in [0.25, 0.3) is 5.91 Å². The van der Waals surface area contributed by atoms with Gasteiger partial charge in [0.15, 0.2) is 0 Å². The van der Waals surface area contributed by atoms with E-state index in [1.54, 1.807) is 6.07 Å². The van der Waals surface area contributed by atoms with Crippen molar-refractivity contribution in [3.05, 3.63) is 34.6 Å². The lowest BCUT2D eigenvalue weighted by Gasteiger charge is -2.26. The molecule has 1 fully saturated rings. The first kappa shape index (κ1) is 16.2. The Morgan fingerprint density at radius 2 is 2.33 bits per heavy atom. The molecule has 1 N–H and O–H groups in total. The van der Waals surface area contributed by atoms with Crippen molar-refractivity contribution < 1.29 is 9.18 Å². The second-order valence-corrected chi connectivity index (χ2v) is 5.93. The van der Waals surface area contributed by atoms with Gasteiger partial charge in [-0.15, -0.1) is 0 Å². The fourth-order valence-electron chi connectivity index (χ4n) is 2.62. The highest BCUT2D eigenvalue weighted by atomic mass is 35.5. The molecule has 1 aliphatic rings. The standard InChI is InChI=1S/C16H22ClFN2O/c1-2-3-9-20(11-13-5-4-8-19-13)16(21)12-6-7-14(17)15(18)10-12/h6-7,10,13,19H,2-5,8-9,11H2,1H3. The molecule has 1 aromatic rings. The van der Waals surface area contributed by atoms with Gasteiger partial charge >= 0.3 is 0 Å². The van der Waals surface area contributed by atoms with Crippen LogP contribution < -0.4 is 5.32 Å². The second kappa shape index (κ2) is 7.76. The maximum absolute atomic E-state index is 13.5. The Labute approximate surface area is 130 Å². The molecular formula is C16H22ClFN2O. The zero-order chi connectivity index (χ0) is 15.2. The molecule has 1 amide bonds. The van der Waals surface area contributed by atoms with Crippen LogP contribution in [0, 0.1) is 5.82 Å². The van der Waals surface area contributed by atoms with Gasteiger partial charge in [0.2, 0.25) is 0 Å². The number of unbranched alkanes of at least 4 members (excludes halogenated alkanes) is 1. The van der Waals surface area contributed by atoms with E-state index in [1.807, 2.05) is 4.90 Å². The first-order chi connectivity index (χ1) is 10.1. The van der Waals surface area contributed by atoms with Crippen molar-refractivity contribution in [2.45, 2.75) is 38.6 Å². The highest BCUT2D eigenvalue weighted by molar-refractivity contribution is 6.30. The quantitative estimate of drug-likeness (QED) is 0.872. The molecule has 3 nitrogen and oxygen atoms in total. The Morgan fingerprint density at radius 1 is 1.52 bits per heavy atom. The van der Waals surface area contributed by atoms with Gasteiger partial charge in [-0.2, -0.15) is 0 Å². The van der Waals surface area contributed by atoms with E-state index in [1.165, 1.54) is 12.1 Å². The molecule has 0 spiro atoms. The summed E-state index contributed by atoms with van der Waals surface area (Å²) >= 11 is 5.68. The smallest absolute Gasteiger partial charge is 0.254 e. The minimum atomic E-state index is -0.544. The maximum Gasteiger partial charge on any atom is 0.254 e. The minimum Gasteiger partial charge on any atom is -0.337 e. The summed E-state index contributed by atoms with van der Waals surface area (Å²) in [5.74, 6) is -0.662. The molecule has 0 aliphatic carbocycles. The van der Waals surface area contributed by atoms with Gasteiger partial charge in [-0.25, -0.2) is 4.39 Å². The lowest BCUT2D eigenvalue weighted by molar-refractivity contribution is 0.0739. The number of halogens is 2. The molecule has 21 heavy (non-hydrogen) atoms. The van der Waals surface area contributed by atoms with Crippen molar-refractivity contribution >= 4 is 17.5 Å². The summed E-state index contributed by atoms with van der Waals surface area (Å²) in [5.41, 5.74) is 0.367. The average Bonchev–Trinajstić information content (AvgIpc) is 2.98. The van der Waals surface area contributed by atoms with Gasteiger partial charge in [-0.1, -0.05) is 24.9 Å². The van der Waals surface area contributed by atoms with Crippen molar-refractivity contribution in [1.29, 1.82) is 0 Å². The van der Waals surface area contributed by atoms with Crippen LogP contribution in [0.4, 0.5) is 4.39 Å². The predicted molar refractivity (Wildman–Crippen MR) is 83.2 cm³/mol. The summed E-state index contributed by atoms with van der Waals surface area (Å²) in [7, 11) is 0. The molecular weight excluding hydrogens is 291 g/mol. The topological polar surface area (TPSA) is 32.3 Å². The Morgan fingerprint density at radius 3 is 2.95 bits per heavy atom. The summed E-state index contributed by atoms with van der Waals surface area (Å²) in [6, 6.07) is 4.61. The molecule has 0 aromatic heterocycles. The summed E-state index contributed by atoms with van der Waals surface area (Å²) in [4.78, 5) is 14.4. The molecule has 0 bridgehead atoms. The van der Waals surface area contributed by atoms with Crippen LogP contribution >= 0.6 is 11.6 Å². The molecule has 1 aromatic carbocycles. The fraction of sp³-hybridized carbons (Fsp3) is 0.562. The normalized spacial score (nSPS) is 18.0. The van der Waals surface area contributed by atoms with Crippen LogP contribution in [0.15, 0.2) is 18.2 Å². The molecule has 1 atom stereocenters.